The third-order valence-corrected chi connectivity index (χ3v) is 7.15. The van der Waals surface area contributed by atoms with Crippen LogP contribution in [0.4, 0.5) is 0 Å². The van der Waals surface area contributed by atoms with Gasteiger partial charge in [0.25, 0.3) is 5.91 Å². The van der Waals surface area contributed by atoms with Crippen molar-refractivity contribution in [2.75, 3.05) is 6.54 Å². The first-order valence-corrected chi connectivity index (χ1v) is 11.6. The summed E-state index contributed by atoms with van der Waals surface area (Å²) in [5, 5.41) is 13.0. The molecule has 0 aliphatic carbocycles. The van der Waals surface area contributed by atoms with E-state index in [9.17, 15) is 14.7 Å². The number of hydrogen-bond donors (Lipinski definition) is 3. The Labute approximate surface area is 196 Å². The summed E-state index contributed by atoms with van der Waals surface area (Å²) in [6.45, 7) is 5.34. The van der Waals surface area contributed by atoms with Crippen molar-refractivity contribution >= 4 is 45.3 Å². The van der Waals surface area contributed by atoms with Crippen LogP contribution in [0.25, 0.3) is 4.91 Å². The second kappa shape index (κ2) is 10.1. The first kappa shape index (κ1) is 23.7. The molecule has 3 rings (SSSR count). The molecule has 0 unspecified atom stereocenters. The predicted octanol–water partition coefficient (Wildman–Crippen LogP) is 4.48. The number of nitrogens with zero attached hydrogens (tertiary/aromatic N) is 1. The van der Waals surface area contributed by atoms with Crippen LogP contribution in [0, 0.1) is 0 Å². The molecule has 2 aromatic rings. The molecule has 0 atom stereocenters. The highest BCUT2D eigenvalue weighted by Crippen LogP contribution is 2.38. The molecule has 4 N–H and O–H groups in total. The van der Waals surface area contributed by atoms with E-state index in [2.05, 4.69) is 10.3 Å². The lowest BCUT2D eigenvalue weighted by Gasteiger charge is -2.21. The van der Waals surface area contributed by atoms with Gasteiger partial charge in [-0.25, -0.2) is 0 Å². The molecule has 6 nitrogen and oxygen atoms in total. The average Bonchev–Trinajstić information content (AvgIpc) is 2.79. The van der Waals surface area contributed by atoms with E-state index in [0.717, 1.165) is 26.0 Å². The van der Waals surface area contributed by atoms with Crippen LogP contribution in [0.2, 0.25) is 0 Å². The maximum absolute atomic E-state index is 12.8. The van der Waals surface area contributed by atoms with Crippen LogP contribution in [0.15, 0.2) is 82.0 Å². The summed E-state index contributed by atoms with van der Waals surface area (Å²) in [7, 11) is 0. The van der Waals surface area contributed by atoms with Gasteiger partial charge >= 0.3 is 5.97 Å². The zero-order valence-corrected chi connectivity index (χ0v) is 19.7. The maximum atomic E-state index is 12.8. The summed E-state index contributed by atoms with van der Waals surface area (Å²) in [5.74, 6) is -1.08. The van der Waals surface area contributed by atoms with Crippen LogP contribution in [0.3, 0.4) is 0 Å². The van der Waals surface area contributed by atoms with E-state index in [0.29, 0.717) is 11.3 Å². The quantitative estimate of drug-likeness (QED) is 0.519. The van der Waals surface area contributed by atoms with Crippen LogP contribution < -0.4 is 11.1 Å². The lowest BCUT2D eigenvalue weighted by atomic mass is 10.1. The van der Waals surface area contributed by atoms with Gasteiger partial charge in [-0.05, 0) is 38.5 Å². The highest BCUT2D eigenvalue weighted by Gasteiger charge is 2.29. The minimum atomic E-state index is -0.916. The Balaban J connectivity index is 1.87. The second-order valence-corrected chi connectivity index (χ2v) is 10.3. The second-order valence-electron chi connectivity index (χ2n) is 7.64. The van der Waals surface area contributed by atoms with E-state index < -0.39 is 10.7 Å². The number of rotatable bonds is 7. The molecule has 0 aromatic heterocycles. The number of carbonyl (C=O) groups is 2. The smallest absolute Gasteiger partial charge is 0.319 e. The summed E-state index contributed by atoms with van der Waals surface area (Å²) in [4.78, 5) is 30.6. The van der Waals surface area contributed by atoms with E-state index in [1.807, 2.05) is 54.6 Å². The molecule has 1 aliphatic rings. The Kier molecular flexibility index (Phi) is 7.48. The normalized spacial score (nSPS) is 14.7. The van der Waals surface area contributed by atoms with Crippen molar-refractivity contribution in [3.8, 4) is 0 Å². The molecule has 0 spiro atoms. The highest BCUT2D eigenvalue weighted by molar-refractivity contribution is 8.22. The molecule has 0 saturated heterocycles. The van der Waals surface area contributed by atoms with E-state index in [4.69, 9.17) is 5.73 Å². The number of amides is 1. The topological polar surface area (TPSA) is 105 Å². The van der Waals surface area contributed by atoms with Crippen LogP contribution >= 0.6 is 23.5 Å². The molecular weight excluding hydrogens is 442 g/mol. The Bertz CT molecular complexity index is 1110. The van der Waals surface area contributed by atoms with Gasteiger partial charge in [0.15, 0.2) is 0 Å². The molecule has 8 heteroatoms. The molecular formula is C24H25N3O3S2. The molecule has 1 aliphatic heterocycles. The average molecular weight is 468 g/mol. The molecule has 1 amide bonds. The van der Waals surface area contributed by atoms with Gasteiger partial charge in [0, 0.05) is 27.3 Å². The van der Waals surface area contributed by atoms with Crippen molar-refractivity contribution in [3.05, 3.63) is 83.2 Å². The number of aliphatic carboxylic acids is 1. The van der Waals surface area contributed by atoms with Crippen LogP contribution in [-0.2, 0) is 9.59 Å². The molecule has 32 heavy (non-hydrogen) atoms. The fraction of sp³-hybridized carbons (Fsp3) is 0.208. The summed E-state index contributed by atoms with van der Waals surface area (Å²) in [6, 6.07) is 17.4. The number of carboxylic acids is 1. The summed E-state index contributed by atoms with van der Waals surface area (Å²) >= 11 is 2.74. The molecule has 0 radical (unpaired) electrons. The Morgan fingerprint density at radius 2 is 1.78 bits per heavy atom. The number of hydrogen-bond acceptors (Lipinski definition) is 6. The van der Waals surface area contributed by atoms with Crippen LogP contribution in [0.1, 0.15) is 31.9 Å². The van der Waals surface area contributed by atoms with Crippen molar-refractivity contribution in [2.24, 2.45) is 10.7 Å². The van der Waals surface area contributed by atoms with Crippen molar-refractivity contribution in [2.45, 2.75) is 30.4 Å². The van der Waals surface area contributed by atoms with Gasteiger partial charge in [-0.3, -0.25) is 14.6 Å². The van der Waals surface area contributed by atoms with Gasteiger partial charge < -0.3 is 16.2 Å². The SMILES string of the molecule is C/C(=C\N)NC(=O)C1=C(c2ccccc2)SC(c2ccc(SC(C)(C)C(=O)O)cc2)=NC1. The molecule has 0 fully saturated rings. The number of allylic oxidation sites excluding steroid dienone is 1. The third kappa shape index (κ3) is 5.63. The first-order valence-electron chi connectivity index (χ1n) is 9.95. The number of thioether (sulfide) groups is 2. The van der Waals surface area contributed by atoms with Crippen molar-refractivity contribution in [3.63, 3.8) is 0 Å². The van der Waals surface area contributed by atoms with Crippen molar-refractivity contribution < 1.29 is 14.7 Å². The van der Waals surface area contributed by atoms with Gasteiger partial charge in [-0.1, -0.05) is 54.2 Å². The van der Waals surface area contributed by atoms with Gasteiger partial charge in [-0.15, -0.1) is 11.8 Å². The van der Waals surface area contributed by atoms with E-state index in [1.54, 1.807) is 20.8 Å². The largest absolute Gasteiger partial charge is 0.480 e. The minimum Gasteiger partial charge on any atom is -0.480 e. The lowest BCUT2D eigenvalue weighted by Crippen LogP contribution is -2.27. The van der Waals surface area contributed by atoms with Crippen LogP contribution in [0.5, 0.6) is 0 Å². The van der Waals surface area contributed by atoms with Gasteiger partial charge in [0.2, 0.25) is 0 Å². The highest BCUT2D eigenvalue weighted by atomic mass is 32.2. The van der Waals surface area contributed by atoms with E-state index in [1.165, 1.54) is 29.7 Å². The summed E-state index contributed by atoms with van der Waals surface area (Å²) in [5.41, 5.74) is 8.52. The van der Waals surface area contributed by atoms with Gasteiger partial charge in [0.05, 0.1) is 12.1 Å². The predicted molar refractivity (Wildman–Crippen MR) is 132 cm³/mol. The number of carbonyl (C=O) groups excluding carboxylic acids is 1. The standard InChI is InChI=1S/C24H25N3O3S2/c1-15(13-25)27-21(28)19-14-26-22(31-20(19)16-7-5-4-6-8-16)17-9-11-18(12-10-17)32-24(2,3)23(29)30/h4-13H,14,25H2,1-3H3,(H,27,28)(H,29,30)/b15-13+. The van der Waals surface area contributed by atoms with E-state index in [-0.39, 0.29) is 12.5 Å². The zero-order chi connectivity index (χ0) is 23.3. The zero-order valence-electron chi connectivity index (χ0n) is 18.1. The summed E-state index contributed by atoms with van der Waals surface area (Å²) in [6.07, 6.45) is 1.36. The number of benzene rings is 2. The molecule has 0 saturated carbocycles. The monoisotopic (exact) mass is 467 g/mol. The van der Waals surface area contributed by atoms with Crippen molar-refractivity contribution in [1.29, 1.82) is 0 Å². The Hall–Kier alpha value is -2.97. The number of nitrogens with two attached hydrogens (primary N) is 1. The molecule has 2 aromatic carbocycles. The molecule has 0 bridgehead atoms. The number of aliphatic imine (C=N–C) groups is 1. The fourth-order valence-corrected chi connectivity index (χ4v) is 4.92. The van der Waals surface area contributed by atoms with E-state index >= 15 is 0 Å². The lowest BCUT2D eigenvalue weighted by molar-refractivity contribution is -0.138. The summed E-state index contributed by atoms with van der Waals surface area (Å²) < 4.78 is -0.916. The fourth-order valence-electron chi connectivity index (χ4n) is 2.86. The Morgan fingerprint density at radius 1 is 1.12 bits per heavy atom. The van der Waals surface area contributed by atoms with Gasteiger partial charge in [0.1, 0.15) is 9.79 Å². The first-order chi connectivity index (χ1) is 15.2. The number of nitrogens with one attached hydrogen (secondary N) is 1. The molecule has 166 valence electrons. The van der Waals surface area contributed by atoms with Crippen LogP contribution in [-0.4, -0.2) is 33.3 Å². The maximum Gasteiger partial charge on any atom is 0.319 e. The number of carboxylic acid groups (broad SMARTS) is 1. The third-order valence-electron chi connectivity index (χ3n) is 4.71. The minimum absolute atomic E-state index is 0.221. The van der Waals surface area contributed by atoms with Gasteiger partial charge in [-0.2, -0.15) is 0 Å². The van der Waals surface area contributed by atoms with Crippen molar-refractivity contribution in [1.82, 2.24) is 5.32 Å². The Morgan fingerprint density at radius 3 is 2.38 bits per heavy atom. The molecule has 1 heterocycles.